The Morgan fingerprint density at radius 1 is 1.23 bits per heavy atom. The molecule has 1 N–H and O–H groups in total. The molecule has 0 aliphatic heterocycles. The Bertz CT molecular complexity index is 712. The number of nitrogens with one attached hydrogen (secondary N) is 1. The second kappa shape index (κ2) is 7.84. The highest BCUT2D eigenvalue weighted by molar-refractivity contribution is 7.98. The molecule has 0 amide bonds. The Labute approximate surface area is 135 Å². The first-order valence-electron chi connectivity index (χ1n) is 6.25. The van der Waals surface area contributed by atoms with Gasteiger partial charge in [-0.05, 0) is 48.7 Å². The Balaban J connectivity index is 2.16. The fourth-order valence-electron chi connectivity index (χ4n) is 1.65. The molecule has 0 saturated carbocycles. The van der Waals surface area contributed by atoms with Crippen molar-refractivity contribution < 1.29 is 13.2 Å². The molecule has 114 valence electrons. The lowest BCUT2D eigenvalue weighted by molar-refractivity contribution is 0.439. The number of nitriles is 1. The average molecular weight is 334 g/mol. The van der Waals surface area contributed by atoms with Crippen molar-refractivity contribution in [3.63, 3.8) is 0 Å². The van der Waals surface area contributed by atoms with Crippen LogP contribution in [0.1, 0.15) is 5.56 Å². The van der Waals surface area contributed by atoms with E-state index >= 15 is 0 Å². The van der Waals surface area contributed by atoms with Crippen LogP contribution in [-0.2, 0) is 15.4 Å². The number of benzene rings is 2. The van der Waals surface area contributed by atoms with Crippen LogP contribution >= 0.6 is 11.8 Å². The third kappa shape index (κ3) is 4.49. The molecular formula is C15H14N2O3S2. The zero-order valence-electron chi connectivity index (χ0n) is 12.0. The number of anilines is 1. The van der Waals surface area contributed by atoms with Gasteiger partial charge in [0.2, 0.25) is 0 Å². The van der Waals surface area contributed by atoms with Crippen molar-refractivity contribution in [1.82, 2.24) is 0 Å². The van der Waals surface area contributed by atoms with Gasteiger partial charge in [-0.1, -0.05) is 0 Å². The predicted molar refractivity (Wildman–Crippen MR) is 88.2 cm³/mol. The van der Waals surface area contributed by atoms with Crippen molar-refractivity contribution in [3.8, 4) is 17.6 Å². The Morgan fingerprint density at radius 3 is 2.55 bits per heavy atom. The predicted octanol–water partition coefficient (Wildman–Crippen LogP) is 3.71. The Morgan fingerprint density at radius 2 is 1.95 bits per heavy atom. The summed E-state index contributed by atoms with van der Waals surface area (Å²) in [6, 6.07) is 14.6. The minimum Gasteiger partial charge on any atom is -0.456 e. The maximum Gasteiger partial charge on any atom is 0.176 e. The molecule has 0 bridgehead atoms. The van der Waals surface area contributed by atoms with Gasteiger partial charge in [0.15, 0.2) is 11.1 Å². The zero-order valence-corrected chi connectivity index (χ0v) is 13.7. The molecule has 2 rings (SSSR count). The first kappa shape index (κ1) is 16.4. The molecule has 1 atom stereocenters. The molecule has 22 heavy (non-hydrogen) atoms. The third-order valence-corrected chi connectivity index (χ3v) is 3.73. The topological polar surface area (TPSA) is 71.3 Å². The number of hydrogen-bond donors (Lipinski definition) is 1. The molecule has 2 aromatic carbocycles. The molecule has 2 aromatic rings. The van der Waals surface area contributed by atoms with Gasteiger partial charge in [0.05, 0.1) is 11.3 Å². The molecule has 0 spiro atoms. The fourth-order valence-corrected chi connectivity index (χ4v) is 2.27. The highest BCUT2D eigenvalue weighted by Crippen LogP contribution is 2.28. The maximum atomic E-state index is 10.9. The van der Waals surface area contributed by atoms with E-state index in [1.54, 1.807) is 30.0 Å². The maximum absolute atomic E-state index is 10.9. The molecule has 0 aliphatic carbocycles. The Hall–Kier alpha value is -2.01. The van der Waals surface area contributed by atoms with E-state index in [0.717, 1.165) is 4.90 Å². The molecule has 1 unspecified atom stereocenters. The molecule has 0 fully saturated rings. The van der Waals surface area contributed by atoms with Gasteiger partial charge >= 0.3 is 0 Å². The summed E-state index contributed by atoms with van der Waals surface area (Å²) in [4.78, 5) is 1.14. The third-order valence-electron chi connectivity index (χ3n) is 2.66. The molecule has 0 aromatic heterocycles. The van der Waals surface area contributed by atoms with Crippen LogP contribution in [0.4, 0.5) is 5.69 Å². The fraction of sp³-hybridized carbons (Fsp3) is 0.133. The van der Waals surface area contributed by atoms with E-state index < -0.39 is 11.1 Å². The zero-order chi connectivity index (χ0) is 15.9. The summed E-state index contributed by atoms with van der Waals surface area (Å²) in [5, 5.41) is 9.22. The van der Waals surface area contributed by atoms with E-state index in [2.05, 4.69) is 11.5 Å². The summed E-state index contributed by atoms with van der Waals surface area (Å²) in [7, 11) is 0. The monoisotopic (exact) mass is 334 g/mol. The quantitative estimate of drug-likeness (QED) is 0.641. The van der Waals surface area contributed by atoms with Crippen LogP contribution in [0.2, 0.25) is 0 Å². The summed E-state index contributed by atoms with van der Waals surface area (Å²) in [6.07, 6.45) is 3.40. The summed E-state index contributed by atoms with van der Waals surface area (Å²) in [5.74, 6) is 1.10. The van der Waals surface area contributed by atoms with Gasteiger partial charge in [-0.2, -0.15) is 9.55 Å². The first-order valence-corrected chi connectivity index (χ1v) is 8.96. The largest absolute Gasteiger partial charge is 0.456 e. The number of hydrogen-bond acceptors (Lipinski definition) is 6. The van der Waals surface area contributed by atoms with Gasteiger partial charge in [0, 0.05) is 11.2 Å². The lowest BCUT2D eigenvalue weighted by atomic mass is 10.2. The molecule has 0 saturated heterocycles. The van der Waals surface area contributed by atoms with Crippen molar-refractivity contribution in [2.75, 3.05) is 18.0 Å². The van der Waals surface area contributed by atoms with E-state index in [1.165, 1.54) is 6.26 Å². The first-order chi connectivity index (χ1) is 10.6. The van der Waals surface area contributed by atoms with E-state index in [-0.39, 0.29) is 0 Å². The molecule has 0 heterocycles. The minimum atomic E-state index is -1.44. The van der Waals surface area contributed by atoms with E-state index in [4.69, 9.17) is 9.02 Å². The van der Waals surface area contributed by atoms with Crippen LogP contribution in [0.3, 0.4) is 0 Å². The summed E-state index contributed by atoms with van der Waals surface area (Å²) < 4.78 is 21.4. The number of nitrogens with zero attached hydrogens (tertiary/aromatic N) is 1. The van der Waals surface area contributed by atoms with Crippen molar-refractivity contribution in [2.24, 2.45) is 0 Å². The van der Waals surface area contributed by atoms with Crippen LogP contribution < -0.4 is 10.2 Å². The van der Waals surface area contributed by atoms with E-state index in [1.807, 2.05) is 30.5 Å². The van der Waals surface area contributed by atoms with Gasteiger partial charge in [-0.3, -0.25) is 5.48 Å². The van der Waals surface area contributed by atoms with Crippen LogP contribution in [0.25, 0.3) is 0 Å². The van der Waals surface area contributed by atoms with Gasteiger partial charge in [-0.25, -0.2) is 4.21 Å². The van der Waals surface area contributed by atoms with Crippen LogP contribution in [0, 0.1) is 11.3 Å². The molecule has 0 aliphatic rings. The Kier molecular flexibility index (Phi) is 5.83. The van der Waals surface area contributed by atoms with Crippen molar-refractivity contribution >= 4 is 28.5 Å². The molecule has 0 radical (unpaired) electrons. The van der Waals surface area contributed by atoms with E-state index in [0.29, 0.717) is 22.7 Å². The minimum absolute atomic E-state index is 0.351. The van der Waals surface area contributed by atoms with Crippen molar-refractivity contribution in [2.45, 2.75) is 4.90 Å². The van der Waals surface area contributed by atoms with Gasteiger partial charge in [-0.15, -0.1) is 11.8 Å². The van der Waals surface area contributed by atoms with E-state index in [9.17, 15) is 9.47 Å². The normalized spacial score (nSPS) is 11.5. The summed E-state index contributed by atoms with van der Waals surface area (Å²) in [5.41, 5.74) is 3.39. The highest BCUT2D eigenvalue weighted by atomic mass is 32.2. The van der Waals surface area contributed by atoms with Gasteiger partial charge < -0.3 is 4.74 Å². The molecular weight excluding hydrogens is 320 g/mol. The van der Waals surface area contributed by atoms with Crippen LogP contribution in [0.5, 0.6) is 11.5 Å². The smallest absolute Gasteiger partial charge is 0.176 e. The second-order valence-corrected chi connectivity index (χ2v) is 6.04. The number of rotatable bonds is 6. The van der Waals surface area contributed by atoms with Gasteiger partial charge in [0.1, 0.15) is 17.6 Å². The van der Waals surface area contributed by atoms with Gasteiger partial charge in [0.25, 0.3) is 0 Å². The standard InChI is InChI=1S/C15H14N2O3S2/c1-21-14-6-4-13(5-7-14)19-15-8-3-12(9-11(15)10-16)17-20-22(2)18/h3-9,17H,1-2H3. The van der Waals surface area contributed by atoms with Crippen LogP contribution in [0.15, 0.2) is 47.4 Å². The lowest BCUT2D eigenvalue weighted by Gasteiger charge is -2.10. The average Bonchev–Trinajstić information content (AvgIpc) is 2.54. The molecule has 7 heteroatoms. The molecule has 5 nitrogen and oxygen atoms in total. The summed E-state index contributed by atoms with van der Waals surface area (Å²) in [6.45, 7) is 0. The number of ether oxygens (including phenoxy) is 1. The van der Waals surface area contributed by atoms with Crippen molar-refractivity contribution in [3.05, 3.63) is 48.0 Å². The van der Waals surface area contributed by atoms with Crippen LogP contribution in [-0.4, -0.2) is 16.7 Å². The summed E-state index contributed by atoms with van der Waals surface area (Å²) >= 11 is 0.204. The van der Waals surface area contributed by atoms with Crippen molar-refractivity contribution in [1.29, 1.82) is 5.26 Å². The second-order valence-electron chi connectivity index (χ2n) is 4.19. The highest BCUT2D eigenvalue weighted by Gasteiger charge is 2.07. The number of thioether (sulfide) groups is 1. The SMILES string of the molecule is CSc1ccc(Oc2ccc(NOS(C)=O)cc2C#N)cc1. The lowest BCUT2D eigenvalue weighted by Crippen LogP contribution is -2.03.